The van der Waals surface area contributed by atoms with Gasteiger partial charge in [-0.25, -0.2) is 5.06 Å². The Balaban J connectivity index is 2.69. The van der Waals surface area contributed by atoms with E-state index in [1.165, 1.54) is 7.05 Å². The molecule has 0 aliphatic rings. The van der Waals surface area contributed by atoms with Crippen LogP contribution in [0.3, 0.4) is 0 Å². The Bertz CT molecular complexity index is 516. The number of rotatable bonds is 1. The number of aryl methyl sites for hydroxylation is 1. The molecule has 2 aromatic rings. The summed E-state index contributed by atoms with van der Waals surface area (Å²) < 4.78 is 1.07. The zero-order chi connectivity index (χ0) is 11.0. The van der Waals surface area contributed by atoms with Crippen LogP contribution in [-0.4, -0.2) is 23.2 Å². The summed E-state index contributed by atoms with van der Waals surface area (Å²) in [5.41, 5.74) is 0.598. The van der Waals surface area contributed by atoms with E-state index in [1.807, 2.05) is 31.2 Å². The van der Waals surface area contributed by atoms with Crippen LogP contribution in [0.25, 0.3) is 10.1 Å². The molecule has 4 heteroatoms. The summed E-state index contributed by atoms with van der Waals surface area (Å²) in [4.78, 5) is 12.7. The molecular formula is C11H11NO2S. The molecule has 0 fully saturated rings. The number of nitrogens with zero attached hydrogens (tertiary/aromatic N) is 1. The fourth-order valence-corrected chi connectivity index (χ4v) is 2.65. The lowest BCUT2D eigenvalue weighted by atomic mass is 10.1. The molecule has 0 radical (unpaired) electrons. The van der Waals surface area contributed by atoms with Gasteiger partial charge in [0.25, 0.3) is 5.91 Å². The molecule has 1 aromatic carbocycles. The van der Waals surface area contributed by atoms with Gasteiger partial charge in [0.05, 0.1) is 5.56 Å². The number of carbonyl (C=O) groups excluding carboxylic acids is 1. The van der Waals surface area contributed by atoms with Gasteiger partial charge in [-0.2, -0.15) is 0 Å². The van der Waals surface area contributed by atoms with E-state index in [2.05, 4.69) is 0 Å². The second kappa shape index (κ2) is 3.64. The standard InChI is InChI=1S/C11H11NO2S/c1-7-10(11(13)12(2)14)8-5-3-4-6-9(8)15-7/h3-6,14H,1-2H3. The maximum Gasteiger partial charge on any atom is 0.278 e. The molecule has 1 aromatic heterocycles. The first-order chi connectivity index (χ1) is 7.11. The summed E-state index contributed by atoms with van der Waals surface area (Å²) >= 11 is 1.57. The lowest BCUT2D eigenvalue weighted by Crippen LogP contribution is -2.22. The van der Waals surface area contributed by atoms with Crippen molar-refractivity contribution in [2.45, 2.75) is 6.92 Å². The van der Waals surface area contributed by atoms with Crippen LogP contribution in [-0.2, 0) is 0 Å². The SMILES string of the molecule is Cc1sc2ccccc2c1C(=O)N(C)O. The summed E-state index contributed by atoms with van der Waals surface area (Å²) in [6.07, 6.45) is 0. The first kappa shape index (κ1) is 10.1. The van der Waals surface area contributed by atoms with Crippen LogP contribution in [0.1, 0.15) is 15.2 Å². The van der Waals surface area contributed by atoms with Gasteiger partial charge in [-0.05, 0) is 13.0 Å². The molecule has 78 valence electrons. The molecule has 0 saturated carbocycles. The van der Waals surface area contributed by atoms with Crippen molar-refractivity contribution in [2.75, 3.05) is 7.05 Å². The number of fused-ring (bicyclic) bond motifs is 1. The van der Waals surface area contributed by atoms with Crippen molar-refractivity contribution in [3.8, 4) is 0 Å². The minimum Gasteiger partial charge on any atom is -0.286 e. The fraction of sp³-hybridized carbons (Fsp3) is 0.182. The highest BCUT2D eigenvalue weighted by atomic mass is 32.1. The quantitative estimate of drug-likeness (QED) is 0.594. The molecule has 0 spiro atoms. The van der Waals surface area contributed by atoms with Crippen molar-refractivity contribution < 1.29 is 10.0 Å². The number of hydroxylamine groups is 2. The van der Waals surface area contributed by atoms with Gasteiger partial charge in [0.2, 0.25) is 0 Å². The predicted octanol–water partition coefficient (Wildman–Crippen LogP) is 2.67. The van der Waals surface area contributed by atoms with Crippen LogP contribution in [0, 0.1) is 6.92 Å². The van der Waals surface area contributed by atoms with Crippen LogP contribution in [0.4, 0.5) is 0 Å². The summed E-state index contributed by atoms with van der Waals surface area (Å²) in [5, 5.41) is 10.7. The molecule has 0 saturated heterocycles. The van der Waals surface area contributed by atoms with Crippen molar-refractivity contribution in [3.63, 3.8) is 0 Å². The average molecular weight is 221 g/mol. The van der Waals surface area contributed by atoms with E-state index in [0.717, 1.165) is 15.0 Å². The number of carbonyl (C=O) groups is 1. The maximum absolute atomic E-state index is 11.7. The van der Waals surface area contributed by atoms with Crippen molar-refractivity contribution in [3.05, 3.63) is 34.7 Å². The Morgan fingerprint density at radius 1 is 1.40 bits per heavy atom. The van der Waals surface area contributed by atoms with Crippen LogP contribution in [0.5, 0.6) is 0 Å². The maximum atomic E-state index is 11.7. The average Bonchev–Trinajstić information content (AvgIpc) is 2.52. The second-order valence-corrected chi connectivity index (χ2v) is 4.61. The lowest BCUT2D eigenvalue weighted by Gasteiger charge is -2.07. The number of thiophene rings is 1. The van der Waals surface area contributed by atoms with E-state index < -0.39 is 0 Å². The highest BCUT2D eigenvalue weighted by Gasteiger charge is 2.18. The van der Waals surface area contributed by atoms with Crippen LogP contribution in [0.15, 0.2) is 24.3 Å². The Hall–Kier alpha value is -1.39. The molecule has 0 unspecified atom stereocenters. The Morgan fingerprint density at radius 3 is 2.73 bits per heavy atom. The number of hydrogen-bond acceptors (Lipinski definition) is 3. The van der Waals surface area contributed by atoms with Gasteiger partial charge in [-0.3, -0.25) is 10.0 Å². The van der Waals surface area contributed by atoms with E-state index >= 15 is 0 Å². The first-order valence-corrected chi connectivity index (χ1v) is 5.38. The van der Waals surface area contributed by atoms with Gasteiger partial charge in [-0.15, -0.1) is 11.3 Å². The molecule has 0 atom stereocenters. The molecule has 2 rings (SSSR count). The van der Waals surface area contributed by atoms with Gasteiger partial charge in [0.15, 0.2) is 0 Å². The van der Waals surface area contributed by atoms with Crippen LogP contribution in [0.2, 0.25) is 0 Å². The molecule has 1 N–H and O–H groups in total. The fourth-order valence-electron chi connectivity index (χ4n) is 1.60. The van der Waals surface area contributed by atoms with Gasteiger partial charge in [0.1, 0.15) is 0 Å². The molecule has 0 bridgehead atoms. The van der Waals surface area contributed by atoms with Crippen molar-refractivity contribution in [2.24, 2.45) is 0 Å². The van der Waals surface area contributed by atoms with Gasteiger partial charge in [0, 0.05) is 22.0 Å². The number of amides is 1. The minimum atomic E-state index is -0.357. The Kier molecular flexibility index (Phi) is 2.46. The van der Waals surface area contributed by atoms with E-state index in [9.17, 15) is 4.79 Å². The van der Waals surface area contributed by atoms with Crippen molar-refractivity contribution in [1.29, 1.82) is 0 Å². The first-order valence-electron chi connectivity index (χ1n) is 4.56. The normalized spacial score (nSPS) is 10.6. The number of benzene rings is 1. The zero-order valence-corrected chi connectivity index (χ0v) is 9.34. The second-order valence-electron chi connectivity index (χ2n) is 3.36. The summed E-state index contributed by atoms with van der Waals surface area (Å²) in [6.45, 7) is 1.89. The molecule has 1 heterocycles. The van der Waals surface area contributed by atoms with E-state index in [4.69, 9.17) is 5.21 Å². The van der Waals surface area contributed by atoms with Crippen molar-refractivity contribution >= 4 is 27.3 Å². The number of hydrogen-bond donors (Lipinski definition) is 1. The predicted molar refractivity (Wildman–Crippen MR) is 60.4 cm³/mol. The zero-order valence-electron chi connectivity index (χ0n) is 8.52. The molecule has 3 nitrogen and oxygen atoms in total. The molecule has 1 amide bonds. The largest absolute Gasteiger partial charge is 0.286 e. The summed E-state index contributed by atoms with van der Waals surface area (Å²) in [6, 6.07) is 7.70. The van der Waals surface area contributed by atoms with Gasteiger partial charge >= 0.3 is 0 Å². The highest BCUT2D eigenvalue weighted by Crippen LogP contribution is 2.30. The lowest BCUT2D eigenvalue weighted by molar-refractivity contribution is -0.0373. The van der Waals surface area contributed by atoms with E-state index in [1.54, 1.807) is 11.3 Å². The van der Waals surface area contributed by atoms with Crippen LogP contribution >= 0.6 is 11.3 Å². The van der Waals surface area contributed by atoms with E-state index in [-0.39, 0.29) is 5.91 Å². The highest BCUT2D eigenvalue weighted by molar-refractivity contribution is 7.19. The molecule has 15 heavy (non-hydrogen) atoms. The third kappa shape index (κ3) is 1.62. The third-order valence-electron chi connectivity index (χ3n) is 2.28. The summed E-state index contributed by atoms with van der Waals surface area (Å²) in [7, 11) is 1.34. The molecule has 0 aliphatic carbocycles. The van der Waals surface area contributed by atoms with E-state index in [0.29, 0.717) is 10.6 Å². The molecule has 0 aliphatic heterocycles. The summed E-state index contributed by atoms with van der Waals surface area (Å²) in [5.74, 6) is -0.357. The van der Waals surface area contributed by atoms with Crippen LogP contribution < -0.4 is 0 Å². The monoisotopic (exact) mass is 221 g/mol. The minimum absolute atomic E-state index is 0.357. The Morgan fingerprint density at radius 2 is 2.07 bits per heavy atom. The van der Waals surface area contributed by atoms with Gasteiger partial charge in [-0.1, -0.05) is 18.2 Å². The molecular weight excluding hydrogens is 210 g/mol. The van der Waals surface area contributed by atoms with Gasteiger partial charge < -0.3 is 0 Å². The van der Waals surface area contributed by atoms with Crippen molar-refractivity contribution in [1.82, 2.24) is 5.06 Å². The topological polar surface area (TPSA) is 40.5 Å². The third-order valence-corrected chi connectivity index (χ3v) is 3.37. The smallest absolute Gasteiger partial charge is 0.278 e. The Labute approximate surface area is 91.5 Å².